The second-order valence-electron chi connectivity index (χ2n) is 3.89. The quantitative estimate of drug-likeness (QED) is 0.319. The highest BCUT2D eigenvalue weighted by molar-refractivity contribution is 9.10. The summed E-state index contributed by atoms with van der Waals surface area (Å²) in [5, 5.41) is 11.3. The molecule has 0 spiro atoms. The first-order chi connectivity index (χ1) is 8.76. The van der Waals surface area contributed by atoms with E-state index < -0.39 is 16.1 Å². The molecule has 0 amide bonds. The first-order valence-corrected chi connectivity index (χ1v) is 7.85. The molecular formula is C10H13BrClN3O3S. The Morgan fingerprint density at radius 2 is 2.26 bits per heavy atom. The number of amidine groups is 1. The first kappa shape index (κ1) is 16.2. The van der Waals surface area contributed by atoms with E-state index in [1.54, 1.807) is 13.0 Å². The van der Waals surface area contributed by atoms with E-state index >= 15 is 0 Å². The Hall–Kier alpha value is -0.830. The number of sulfonamides is 1. The van der Waals surface area contributed by atoms with Crippen molar-refractivity contribution in [1.29, 1.82) is 0 Å². The van der Waals surface area contributed by atoms with Gasteiger partial charge in [0.05, 0.1) is 5.02 Å². The predicted molar refractivity (Wildman–Crippen MR) is 77.0 cm³/mol. The van der Waals surface area contributed by atoms with Crippen LogP contribution in [0.1, 0.15) is 13.3 Å². The van der Waals surface area contributed by atoms with Gasteiger partial charge in [-0.05, 0) is 25.1 Å². The maximum absolute atomic E-state index is 12.1. The van der Waals surface area contributed by atoms with Crippen molar-refractivity contribution in [2.24, 2.45) is 10.9 Å². The number of hydrogen-bond acceptors (Lipinski definition) is 4. The highest BCUT2D eigenvalue weighted by atomic mass is 79.9. The zero-order valence-corrected chi connectivity index (χ0v) is 13.1. The molecule has 1 rings (SSSR count). The smallest absolute Gasteiger partial charge is 0.242 e. The van der Waals surface area contributed by atoms with E-state index in [1.807, 2.05) is 0 Å². The molecule has 0 fully saturated rings. The maximum Gasteiger partial charge on any atom is 0.242 e. The standard InChI is InChI=1S/C10H13BrClN3O3S/c1-6(4-10(13)14-16)15-19(17,18)9-3-2-7(11)5-8(9)12/h2-3,5-6,15-16H,4H2,1H3,(H2,13,14). The lowest BCUT2D eigenvalue weighted by molar-refractivity contribution is 0.316. The molecule has 0 aliphatic rings. The van der Waals surface area contributed by atoms with Crippen molar-refractivity contribution in [2.45, 2.75) is 24.3 Å². The lowest BCUT2D eigenvalue weighted by atomic mass is 10.2. The Bertz CT molecular complexity index is 592. The van der Waals surface area contributed by atoms with Gasteiger partial charge in [-0.2, -0.15) is 0 Å². The molecular weight excluding hydrogens is 358 g/mol. The minimum Gasteiger partial charge on any atom is -0.409 e. The average Bonchev–Trinajstić information content (AvgIpc) is 2.26. The third-order valence-electron chi connectivity index (χ3n) is 2.18. The summed E-state index contributed by atoms with van der Waals surface area (Å²) in [6, 6.07) is 3.94. The zero-order valence-electron chi connectivity index (χ0n) is 9.97. The number of halogens is 2. The summed E-state index contributed by atoms with van der Waals surface area (Å²) in [5.41, 5.74) is 5.31. The molecule has 0 saturated heterocycles. The van der Waals surface area contributed by atoms with Gasteiger partial charge in [0.2, 0.25) is 10.0 Å². The lowest BCUT2D eigenvalue weighted by Crippen LogP contribution is -2.35. The van der Waals surface area contributed by atoms with Gasteiger partial charge in [0, 0.05) is 16.9 Å². The van der Waals surface area contributed by atoms with Crippen molar-refractivity contribution in [3.8, 4) is 0 Å². The van der Waals surface area contributed by atoms with E-state index in [9.17, 15) is 8.42 Å². The summed E-state index contributed by atoms with van der Waals surface area (Å²) in [5.74, 6) is -0.0582. The second kappa shape index (κ2) is 6.56. The SMILES string of the molecule is CC(CC(N)=NO)NS(=O)(=O)c1ccc(Br)cc1Cl. The number of nitrogens with one attached hydrogen (secondary N) is 1. The van der Waals surface area contributed by atoms with E-state index in [2.05, 4.69) is 25.8 Å². The van der Waals surface area contributed by atoms with E-state index in [1.165, 1.54) is 12.1 Å². The van der Waals surface area contributed by atoms with Crippen LogP contribution in [0.4, 0.5) is 0 Å². The summed E-state index contributed by atoms with van der Waals surface area (Å²) in [4.78, 5) is -0.0243. The topological polar surface area (TPSA) is 105 Å². The van der Waals surface area contributed by atoms with Crippen LogP contribution in [-0.4, -0.2) is 25.5 Å². The molecule has 0 bridgehead atoms. The second-order valence-corrected chi connectivity index (χ2v) is 6.90. The minimum atomic E-state index is -3.76. The molecule has 4 N–H and O–H groups in total. The van der Waals surface area contributed by atoms with Gasteiger partial charge in [-0.1, -0.05) is 32.7 Å². The molecule has 1 unspecified atom stereocenters. The zero-order chi connectivity index (χ0) is 14.6. The molecule has 0 aliphatic carbocycles. The van der Waals surface area contributed by atoms with E-state index in [0.29, 0.717) is 4.47 Å². The third kappa shape index (κ3) is 4.64. The molecule has 0 heterocycles. The Balaban J connectivity index is 2.92. The van der Waals surface area contributed by atoms with Gasteiger partial charge in [-0.25, -0.2) is 13.1 Å². The van der Waals surface area contributed by atoms with Gasteiger partial charge < -0.3 is 10.9 Å². The van der Waals surface area contributed by atoms with E-state index in [4.69, 9.17) is 22.5 Å². The largest absolute Gasteiger partial charge is 0.409 e. The van der Waals surface area contributed by atoms with Gasteiger partial charge in [-0.3, -0.25) is 0 Å². The number of nitrogens with two attached hydrogens (primary N) is 1. The van der Waals surface area contributed by atoms with Gasteiger partial charge >= 0.3 is 0 Å². The van der Waals surface area contributed by atoms with Crippen molar-refractivity contribution in [2.75, 3.05) is 0 Å². The monoisotopic (exact) mass is 369 g/mol. The van der Waals surface area contributed by atoms with Crippen LogP contribution >= 0.6 is 27.5 Å². The first-order valence-electron chi connectivity index (χ1n) is 5.20. The van der Waals surface area contributed by atoms with Crippen molar-refractivity contribution < 1.29 is 13.6 Å². The number of rotatable bonds is 5. The average molecular weight is 371 g/mol. The fraction of sp³-hybridized carbons (Fsp3) is 0.300. The van der Waals surface area contributed by atoms with Crippen LogP contribution < -0.4 is 10.5 Å². The van der Waals surface area contributed by atoms with Crippen LogP contribution in [0.5, 0.6) is 0 Å². The van der Waals surface area contributed by atoms with Crippen LogP contribution in [0.3, 0.4) is 0 Å². The predicted octanol–water partition coefficient (Wildman–Crippen LogP) is 1.91. The summed E-state index contributed by atoms with van der Waals surface area (Å²) in [6.07, 6.45) is 0.0872. The van der Waals surface area contributed by atoms with Crippen LogP contribution in [-0.2, 0) is 10.0 Å². The molecule has 0 radical (unpaired) electrons. The molecule has 0 aromatic heterocycles. The van der Waals surface area contributed by atoms with Crippen LogP contribution in [0.25, 0.3) is 0 Å². The number of hydrogen-bond donors (Lipinski definition) is 3. The van der Waals surface area contributed by atoms with Crippen molar-refractivity contribution in [3.63, 3.8) is 0 Å². The fourth-order valence-electron chi connectivity index (χ4n) is 1.42. The van der Waals surface area contributed by atoms with Crippen LogP contribution in [0, 0.1) is 0 Å². The van der Waals surface area contributed by atoms with Gasteiger partial charge in [0.25, 0.3) is 0 Å². The highest BCUT2D eigenvalue weighted by Crippen LogP contribution is 2.25. The number of nitrogens with zero attached hydrogens (tertiary/aromatic N) is 1. The van der Waals surface area contributed by atoms with Gasteiger partial charge in [0.15, 0.2) is 0 Å². The fourth-order valence-corrected chi connectivity index (χ4v) is 3.70. The number of benzene rings is 1. The molecule has 1 aromatic rings. The van der Waals surface area contributed by atoms with Crippen molar-refractivity contribution >= 4 is 43.4 Å². The van der Waals surface area contributed by atoms with Crippen LogP contribution in [0.2, 0.25) is 5.02 Å². The number of oxime groups is 1. The van der Waals surface area contributed by atoms with E-state index in [0.717, 1.165) is 0 Å². The molecule has 0 aliphatic heterocycles. The molecule has 1 atom stereocenters. The Kier molecular flexibility index (Phi) is 5.60. The van der Waals surface area contributed by atoms with Gasteiger partial charge in [0.1, 0.15) is 10.7 Å². The van der Waals surface area contributed by atoms with Gasteiger partial charge in [-0.15, -0.1) is 0 Å². The Morgan fingerprint density at radius 1 is 1.63 bits per heavy atom. The normalized spacial score (nSPS) is 14.4. The summed E-state index contributed by atoms with van der Waals surface area (Å²) >= 11 is 9.09. The molecule has 1 aromatic carbocycles. The summed E-state index contributed by atoms with van der Waals surface area (Å²) in [6.45, 7) is 1.60. The maximum atomic E-state index is 12.1. The van der Waals surface area contributed by atoms with Crippen molar-refractivity contribution in [3.05, 3.63) is 27.7 Å². The van der Waals surface area contributed by atoms with Crippen LogP contribution in [0.15, 0.2) is 32.7 Å². The molecule has 9 heteroatoms. The highest BCUT2D eigenvalue weighted by Gasteiger charge is 2.21. The molecule has 0 saturated carbocycles. The molecule has 106 valence electrons. The van der Waals surface area contributed by atoms with Crippen molar-refractivity contribution in [1.82, 2.24) is 4.72 Å². The van der Waals surface area contributed by atoms with E-state index in [-0.39, 0.29) is 22.2 Å². The Morgan fingerprint density at radius 3 is 2.79 bits per heavy atom. The molecule has 19 heavy (non-hydrogen) atoms. The third-order valence-corrected chi connectivity index (χ3v) is 4.75. The lowest BCUT2D eigenvalue weighted by Gasteiger charge is -2.14. The molecule has 6 nitrogen and oxygen atoms in total. The Labute approximate surface area is 124 Å². The minimum absolute atomic E-state index is 0.0243. The summed E-state index contributed by atoms with van der Waals surface area (Å²) < 4.78 is 27.3. The summed E-state index contributed by atoms with van der Waals surface area (Å²) in [7, 11) is -3.76.